The Hall–Kier alpha value is -1.10. The first-order valence-corrected chi connectivity index (χ1v) is 5.89. The van der Waals surface area contributed by atoms with Crippen molar-refractivity contribution >= 4 is 21.9 Å². The Morgan fingerprint density at radius 1 is 1.44 bits per heavy atom. The van der Waals surface area contributed by atoms with Gasteiger partial charge in [0, 0.05) is 16.2 Å². The molecule has 0 atom stereocenters. The monoisotopic (exact) mass is 285 g/mol. The van der Waals surface area contributed by atoms with Crippen molar-refractivity contribution in [1.82, 2.24) is 4.57 Å². The Bertz CT molecular complexity index is 529. The van der Waals surface area contributed by atoms with Crippen LogP contribution in [-0.4, -0.2) is 15.6 Å². The van der Waals surface area contributed by atoms with E-state index in [1.807, 2.05) is 6.92 Å². The molecule has 0 saturated heterocycles. The van der Waals surface area contributed by atoms with Crippen LogP contribution in [0.2, 0.25) is 0 Å². The van der Waals surface area contributed by atoms with Crippen molar-refractivity contribution in [2.24, 2.45) is 0 Å². The van der Waals surface area contributed by atoms with Gasteiger partial charge >= 0.3 is 5.97 Å². The van der Waals surface area contributed by atoms with Crippen LogP contribution in [0.15, 0.2) is 9.27 Å². The second-order valence-corrected chi connectivity index (χ2v) is 4.90. The number of rotatable bonds is 2. The van der Waals surface area contributed by atoms with Crippen molar-refractivity contribution < 1.29 is 9.90 Å². The molecule has 0 spiro atoms. The molecule has 0 unspecified atom stereocenters. The zero-order chi connectivity index (χ0) is 12.0. The highest BCUT2D eigenvalue weighted by molar-refractivity contribution is 9.10. The molecule has 0 aromatic carbocycles. The predicted octanol–water partition coefficient (Wildman–Crippen LogP) is 2.26. The molecule has 2 rings (SSSR count). The van der Waals surface area contributed by atoms with Gasteiger partial charge in [-0.25, -0.2) is 4.79 Å². The number of aromatic carboxylic acids is 1. The van der Waals surface area contributed by atoms with Gasteiger partial charge in [0.2, 0.25) is 0 Å². The van der Waals surface area contributed by atoms with Gasteiger partial charge in [0.15, 0.2) is 0 Å². The molecule has 1 heterocycles. The Morgan fingerprint density at radius 2 is 2.00 bits per heavy atom. The maximum atomic E-state index is 12.0. The molecule has 1 fully saturated rings. The Balaban J connectivity index is 2.81. The number of hydrogen-bond acceptors (Lipinski definition) is 2. The number of pyridine rings is 1. The minimum Gasteiger partial charge on any atom is -0.477 e. The lowest BCUT2D eigenvalue weighted by molar-refractivity contribution is 0.0693. The number of hydrogen-bond donors (Lipinski definition) is 1. The smallest absolute Gasteiger partial charge is 0.341 e. The maximum absolute atomic E-state index is 12.0. The first kappa shape index (κ1) is 11.4. The highest BCUT2D eigenvalue weighted by atomic mass is 79.9. The molecule has 0 bridgehead atoms. The summed E-state index contributed by atoms with van der Waals surface area (Å²) in [5.41, 5.74) is 0.819. The summed E-state index contributed by atoms with van der Waals surface area (Å²) in [4.78, 5) is 23.1. The fourth-order valence-electron chi connectivity index (χ4n) is 1.94. The van der Waals surface area contributed by atoms with Crippen molar-refractivity contribution in [3.05, 3.63) is 31.6 Å². The van der Waals surface area contributed by atoms with Crippen molar-refractivity contribution in [2.45, 2.75) is 32.7 Å². The van der Waals surface area contributed by atoms with E-state index in [4.69, 9.17) is 5.11 Å². The van der Waals surface area contributed by atoms with E-state index in [1.54, 1.807) is 11.5 Å². The fourth-order valence-corrected chi connectivity index (χ4v) is 2.33. The van der Waals surface area contributed by atoms with Crippen LogP contribution < -0.4 is 5.56 Å². The van der Waals surface area contributed by atoms with E-state index >= 15 is 0 Å². The van der Waals surface area contributed by atoms with Crippen LogP contribution in [0.4, 0.5) is 0 Å². The first-order valence-electron chi connectivity index (χ1n) is 5.09. The molecule has 0 amide bonds. The van der Waals surface area contributed by atoms with Gasteiger partial charge in [-0.2, -0.15) is 0 Å². The molecule has 16 heavy (non-hydrogen) atoms. The summed E-state index contributed by atoms with van der Waals surface area (Å²) >= 11 is 3.36. The molecule has 1 aromatic rings. The number of carboxylic acids is 1. The van der Waals surface area contributed by atoms with Crippen molar-refractivity contribution in [2.75, 3.05) is 0 Å². The van der Waals surface area contributed by atoms with Gasteiger partial charge in [-0.1, -0.05) is 0 Å². The number of carboxylic acid groups (broad SMARTS) is 1. The van der Waals surface area contributed by atoms with Gasteiger partial charge in [0.25, 0.3) is 5.56 Å². The molecule has 86 valence electrons. The second kappa shape index (κ2) is 3.73. The second-order valence-electron chi connectivity index (χ2n) is 4.11. The summed E-state index contributed by atoms with van der Waals surface area (Å²) in [6, 6.07) is 0.183. The third-order valence-electron chi connectivity index (χ3n) is 2.94. The first-order chi connectivity index (χ1) is 7.45. The topological polar surface area (TPSA) is 59.3 Å². The number of aromatic nitrogens is 1. The maximum Gasteiger partial charge on any atom is 0.341 e. The van der Waals surface area contributed by atoms with Crippen LogP contribution in [-0.2, 0) is 0 Å². The molecule has 4 nitrogen and oxygen atoms in total. The van der Waals surface area contributed by atoms with Gasteiger partial charge in [-0.15, -0.1) is 0 Å². The number of halogens is 1. The van der Waals surface area contributed by atoms with Crippen molar-refractivity contribution in [3.63, 3.8) is 0 Å². The molecule has 0 aliphatic heterocycles. The van der Waals surface area contributed by atoms with E-state index in [1.165, 1.54) is 0 Å². The number of nitrogens with zero attached hydrogens (tertiary/aromatic N) is 1. The molecule has 1 aliphatic rings. The zero-order valence-electron chi connectivity index (χ0n) is 9.08. The van der Waals surface area contributed by atoms with Crippen LogP contribution in [0.3, 0.4) is 0 Å². The van der Waals surface area contributed by atoms with Crippen molar-refractivity contribution in [1.29, 1.82) is 0 Å². The Labute approximate surface area is 101 Å². The summed E-state index contributed by atoms with van der Waals surface area (Å²) in [6.07, 6.45) is 1.91. The molecule has 1 aliphatic carbocycles. The van der Waals surface area contributed by atoms with Crippen LogP contribution in [0.5, 0.6) is 0 Å². The lowest BCUT2D eigenvalue weighted by Gasteiger charge is -2.14. The SMILES string of the molecule is Cc1c(Br)c(C)n(C2CC2)c(=O)c1C(=O)O. The lowest BCUT2D eigenvalue weighted by atomic mass is 10.1. The minimum absolute atomic E-state index is 0.121. The molecular formula is C11H12BrNO3. The van der Waals surface area contributed by atoms with E-state index < -0.39 is 5.97 Å². The van der Waals surface area contributed by atoms with Gasteiger partial charge in [-0.3, -0.25) is 4.79 Å². The summed E-state index contributed by atoms with van der Waals surface area (Å²) < 4.78 is 2.32. The van der Waals surface area contributed by atoms with Crippen molar-refractivity contribution in [3.8, 4) is 0 Å². The average Bonchev–Trinajstić information content (AvgIpc) is 2.98. The summed E-state index contributed by atoms with van der Waals surface area (Å²) in [5, 5.41) is 9.05. The summed E-state index contributed by atoms with van der Waals surface area (Å²) in [6.45, 7) is 3.49. The van der Waals surface area contributed by atoms with E-state index in [9.17, 15) is 9.59 Å². The van der Waals surface area contributed by atoms with E-state index in [0.717, 1.165) is 23.0 Å². The summed E-state index contributed by atoms with van der Waals surface area (Å²) in [7, 11) is 0. The molecule has 5 heteroatoms. The average molecular weight is 286 g/mol. The lowest BCUT2D eigenvalue weighted by Crippen LogP contribution is -2.29. The molecular weight excluding hydrogens is 274 g/mol. The van der Waals surface area contributed by atoms with Crippen LogP contribution in [0, 0.1) is 13.8 Å². The predicted molar refractivity (Wildman–Crippen MR) is 63.1 cm³/mol. The third kappa shape index (κ3) is 1.59. The van der Waals surface area contributed by atoms with Crippen LogP contribution in [0.1, 0.15) is 40.5 Å². The van der Waals surface area contributed by atoms with E-state index in [-0.39, 0.29) is 17.2 Å². The zero-order valence-corrected chi connectivity index (χ0v) is 10.7. The fraction of sp³-hybridized carbons (Fsp3) is 0.455. The molecule has 1 saturated carbocycles. The highest BCUT2D eigenvalue weighted by Gasteiger charge is 2.30. The van der Waals surface area contributed by atoms with Gasteiger partial charge in [0.1, 0.15) is 5.56 Å². The van der Waals surface area contributed by atoms with E-state index in [0.29, 0.717) is 5.56 Å². The third-order valence-corrected chi connectivity index (χ3v) is 4.11. The minimum atomic E-state index is -1.15. The summed E-state index contributed by atoms with van der Waals surface area (Å²) in [5.74, 6) is -1.15. The normalized spacial score (nSPS) is 15.2. The highest BCUT2D eigenvalue weighted by Crippen LogP contribution is 2.36. The van der Waals surface area contributed by atoms with Gasteiger partial charge in [-0.05, 0) is 48.2 Å². The van der Waals surface area contributed by atoms with Gasteiger partial charge in [0.05, 0.1) is 0 Å². The molecule has 1 aromatic heterocycles. The largest absolute Gasteiger partial charge is 0.477 e. The quantitative estimate of drug-likeness (QED) is 0.907. The van der Waals surface area contributed by atoms with Crippen LogP contribution >= 0.6 is 15.9 Å². The Kier molecular flexibility index (Phi) is 2.66. The number of carbonyl (C=O) groups is 1. The van der Waals surface area contributed by atoms with Gasteiger partial charge < -0.3 is 9.67 Å². The standard InChI is InChI=1S/C11H12BrNO3/c1-5-8(11(15)16)10(14)13(7-3-4-7)6(2)9(5)12/h7H,3-4H2,1-2H3,(H,15,16). The Morgan fingerprint density at radius 3 is 2.44 bits per heavy atom. The molecule has 0 radical (unpaired) electrons. The molecule has 1 N–H and O–H groups in total. The van der Waals surface area contributed by atoms with E-state index in [2.05, 4.69) is 15.9 Å². The van der Waals surface area contributed by atoms with Crippen LogP contribution in [0.25, 0.3) is 0 Å².